The minimum Gasteiger partial charge on any atom is -0.328 e. The Morgan fingerprint density at radius 3 is 2.53 bits per heavy atom. The summed E-state index contributed by atoms with van der Waals surface area (Å²) < 4.78 is 0. The lowest BCUT2D eigenvalue weighted by atomic mass is 10.1. The van der Waals surface area contributed by atoms with E-state index in [4.69, 9.17) is 0 Å². The van der Waals surface area contributed by atoms with E-state index < -0.39 is 0 Å². The molecule has 1 aromatic carbocycles. The van der Waals surface area contributed by atoms with Gasteiger partial charge in [-0.25, -0.2) is 0 Å². The summed E-state index contributed by atoms with van der Waals surface area (Å²) in [7, 11) is 0. The van der Waals surface area contributed by atoms with Crippen LogP contribution in [0.5, 0.6) is 0 Å². The van der Waals surface area contributed by atoms with Crippen molar-refractivity contribution in [2.75, 3.05) is 26.2 Å². The van der Waals surface area contributed by atoms with E-state index in [2.05, 4.69) is 21.8 Å². The molecule has 0 aromatic heterocycles. The lowest BCUT2D eigenvalue weighted by molar-refractivity contribution is 0.105. The van der Waals surface area contributed by atoms with E-state index in [1.165, 1.54) is 25.9 Å². The highest BCUT2D eigenvalue weighted by Crippen LogP contribution is 2.19. The molecule has 2 bridgehead atoms. The Balaban J connectivity index is 1.71. The molecule has 0 atom stereocenters. The standard InChI is InChI=1S/C16H18N2O/c19-16(14-4-2-1-3-5-14)8-11-18-13-12-17-9-6-15(18)7-10-17/h1-5,15H,6-7,9-10,12-13H2. The van der Waals surface area contributed by atoms with Gasteiger partial charge in [-0.2, -0.15) is 0 Å². The zero-order valence-corrected chi connectivity index (χ0v) is 11.0. The van der Waals surface area contributed by atoms with Crippen LogP contribution in [0.4, 0.5) is 0 Å². The average molecular weight is 254 g/mol. The molecular weight excluding hydrogens is 236 g/mol. The molecule has 3 heterocycles. The highest BCUT2D eigenvalue weighted by atomic mass is 16.1. The molecule has 0 amide bonds. The van der Waals surface area contributed by atoms with Gasteiger partial charge in [-0.05, 0) is 18.8 Å². The van der Waals surface area contributed by atoms with Crippen molar-refractivity contribution in [3.8, 4) is 12.0 Å². The molecule has 3 aliphatic heterocycles. The maximum absolute atomic E-state index is 12.0. The van der Waals surface area contributed by atoms with Gasteiger partial charge in [-0.1, -0.05) is 30.3 Å². The summed E-state index contributed by atoms with van der Waals surface area (Å²) in [5, 5.41) is 0. The van der Waals surface area contributed by atoms with Crippen molar-refractivity contribution >= 4 is 5.78 Å². The first-order chi connectivity index (χ1) is 9.33. The second-order valence-electron chi connectivity index (χ2n) is 5.20. The number of Topliss-reactive ketones (excluding diaryl/α,β-unsaturated/α-hetero) is 1. The van der Waals surface area contributed by atoms with Crippen molar-refractivity contribution in [2.45, 2.75) is 18.9 Å². The minimum atomic E-state index is -0.0836. The molecule has 3 aliphatic rings. The molecule has 3 fully saturated rings. The smallest absolute Gasteiger partial charge is 0.237 e. The van der Waals surface area contributed by atoms with E-state index >= 15 is 0 Å². The third-order valence-corrected chi connectivity index (χ3v) is 4.00. The molecule has 0 unspecified atom stereocenters. The van der Waals surface area contributed by atoms with Crippen LogP contribution in [0.3, 0.4) is 0 Å². The van der Waals surface area contributed by atoms with Crippen molar-refractivity contribution in [1.82, 2.24) is 9.80 Å². The number of ketones is 1. The van der Waals surface area contributed by atoms with Gasteiger partial charge >= 0.3 is 0 Å². The Hall–Kier alpha value is -1.79. The molecule has 98 valence electrons. The van der Waals surface area contributed by atoms with Crippen molar-refractivity contribution in [1.29, 1.82) is 0 Å². The number of fused-ring (bicyclic) bond motifs is 4. The zero-order valence-electron chi connectivity index (χ0n) is 11.0. The molecule has 4 rings (SSSR count). The van der Waals surface area contributed by atoms with Crippen LogP contribution < -0.4 is 0 Å². The highest BCUT2D eigenvalue weighted by molar-refractivity contribution is 6.08. The van der Waals surface area contributed by atoms with Crippen molar-refractivity contribution in [2.24, 2.45) is 0 Å². The van der Waals surface area contributed by atoms with Gasteiger partial charge in [0.05, 0.1) is 0 Å². The fourth-order valence-electron chi connectivity index (χ4n) is 2.82. The van der Waals surface area contributed by atoms with Gasteiger partial charge in [0.25, 0.3) is 0 Å². The van der Waals surface area contributed by atoms with Crippen molar-refractivity contribution < 1.29 is 4.79 Å². The maximum atomic E-state index is 12.0. The van der Waals surface area contributed by atoms with Gasteiger partial charge in [0.1, 0.15) is 0 Å². The lowest BCUT2D eigenvalue weighted by Gasteiger charge is -2.28. The van der Waals surface area contributed by atoms with E-state index in [9.17, 15) is 4.79 Å². The number of rotatable bonds is 1. The van der Waals surface area contributed by atoms with E-state index in [1.54, 1.807) is 0 Å². The molecule has 0 N–H and O–H groups in total. The van der Waals surface area contributed by atoms with Crippen LogP contribution in [0.1, 0.15) is 23.2 Å². The number of piperidine rings is 1. The summed E-state index contributed by atoms with van der Waals surface area (Å²) in [5.41, 5.74) is 0.679. The van der Waals surface area contributed by atoms with Gasteiger partial charge in [0, 0.05) is 43.8 Å². The van der Waals surface area contributed by atoms with Gasteiger partial charge in [-0.3, -0.25) is 4.79 Å². The number of benzene rings is 1. The SMILES string of the molecule is O=C(C#CN1CCN2CCC1CC2)c1ccccc1. The summed E-state index contributed by atoms with van der Waals surface area (Å²) >= 11 is 0. The predicted octanol–water partition coefficient (Wildman–Crippen LogP) is 1.61. The highest BCUT2D eigenvalue weighted by Gasteiger charge is 2.27. The quantitative estimate of drug-likeness (QED) is 0.562. The first-order valence-electron chi connectivity index (χ1n) is 6.93. The van der Waals surface area contributed by atoms with Crippen LogP contribution >= 0.6 is 0 Å². The van der Waals surface area contributed by atoms with Crippen molar-refractivity contribution in [3.05, 3.63) is 35.9 Å². The van der Waals surface area contributed by atoms with E-state index in [0.29, 0.717) is 11.6 Å². The summed E-state index contributed by atoms with van der Waals surface area (Å²) in [6, 6.07) is 12.9. The monoisotopic (exact) mass is 254 g/mol. The van der Waals surface area contributed by atoms with Gasteiger partial charge in [-0.15, -0.1) is 0 Å². The normalized spacial score (nSPS) is 25.4. The fourth-order valence-corrected chi connectivity index (χ4v) is 2.82. The number of carbonyl (C=O) groups is 1. The van der Waals surface area contributed by atoms with Crippen LogP contribution in [0.2, 0.25) is 0 Å². The number of hydrogen-bond donors (Lipinski definition) is 0. The molecule has 3 saturated heterocycles. The average Bonchev–Trinajstić information content (AvgIpc) is 2.79. The zero-order chi connectivity index (χ0) is 13.1. The van der Waals surface area contributed by atoms with E-state index in [0.717, 1.165) is 13.1 Å². The summed E-state index contributed by atoms with van der Waals surface area (Å²) in [5.74, 6) is 2.71. The first kappa shape index (κ1) is 12.3. The Kier molecular flexibility index (Phi) is 3.52. The van der Waals surface area contributed by atoms with Gasteiger partial charge < -0.3 is 9.80 Å². The third-order valence-electron chi connectivity index (χ3n) is 4.00. The minimum absolute atomic E-state index is 0.0836. The molecule has 0 spiro atoms. The second-order valence-corrected chi connectivity index (χ2v) is 5.20. The molecule has 0 aliphatic carbocycles. The summed E-state index contributed by atoms with van der Waals surface area (Å²) in [6.07, 6.45) is 2.35. The molecule has 3 nitrogen and oxygen atoms in total. The Bertz CT molecular complexity index is 507. The van der Waals surface area contributed by atoms with Crippen LogP contribution in [0, 0.1) is 12.0 Å². The topological polar surface area (TPSA) is 23.6 Å². The summed E-state index contributed by atoms with van der Waals surface area (Å²) in [6.45, 7) is 4.38. The maximum Gasteiger partial charge on any atom is 0.237 e. The number of carbonyl (C=O) groups excluding carboxylic acids is 1. The Morgan fingerprint density at radius 1 is 1.05 bits per heavy atom. The Labute approximate surface area is 114 Å². The molecule has 0 radical (unpaired) electrons. The Morgan fingerprint density at radius 2 is 1.79 bits per heavy atom. The molecule has 1 aromatic rings. The van der Waals surface area contributed by atoms with Gasteiger partial charge in [0.2, 0.25) is 5.78 Å². The van der Waals surface area contributed by atoms with Crippen molar-refractivity contribution in [3.63, 3.8) is 0 Å². The lowest BCUT2D eigenvalue weighted by Crippen LogP contribution is -2.35. The molecule has 0 saturated carbocycles. The van der Waals surface area contributed by atoms with E-state index in [1.807, 2.05) is 30.3 Å². The fraction of sp³-hybridized carbons (Fsp3) is 0.438. The number of hydrogen-bond acceptors (Lipinski definition) is 3. The van der Waals surface area contributed by atoms with Crippen LogP contribution in [0.25, 0.3) is 0 Å². The van der Waals surface area contributed by atoms with Crippen LogP contribution in [-0.2, 0) is 0 Å². The van der Waals surface area contributed by atoms with Gasteiger partial charge in [0.15, 0.2) is 0 Å². The predicted molar refractivity (Wildman–Crippen MR) is 74.7 cm³/mol. The number of nitrogens with zero attached hydrogens (tertiary/aromatic N) is 2. The van der Waals surface area contributed by atoms with Crippen LogP contribution in [0.15, 0.2) is 30.3 Å². The molecule has 19 heavy (non-hydrogen) atoms. The third kappa shape index (κ3) is 2.80. The second kappa shape index (κ2) is 5.46. The van der Waals surface area contributed by atoms with Crippen LogP contribution in [-0.4, -0.2) is 47.8 Å². The summed E-state index contributed by atoms with van der Waals surface area (Å²) in [4.78, 5) is 16.6. The molecular formula is C16H18N2O. The largest absolute Gasteiger partial charge is 0.328 e. The molecule has 3 heteroatoms. The van der Waals surface area contributed by atoms with E-state index in [-0.39, 0.29) is 5.78 Å². The first-order valence-corrected chi connectivity index (χ1v) is 6.93.